The van der Waals surface area contributed by atoms with Crippen LogP contribution >= 0.6 is 23.7 Å². The summed E-state index contributed by atoms with van der Waals surface area (Å²) in [5, 5.41) is 11.7. The fourth-order valence-corrected chi connectivity index (χ4v) is 4.12. The van der Waals surface area contributed by atoms with Crippen molar-refractivity contribution in [2.45, 2.75) is 20.3 Å². The van der Waals surface area contributed by atoms with Crippen LogP contribution < -0.4 is 4.90 Å². The maximum absolute atomic E-state index is 13.3. The van der Waals surface area contributed by atoms with Gasteiger partial charge in [-0.15, -0.1) is 12.4 Å². The minimum atomic E-state index is -0.489. The average Bonchev–Trinajstić information content (AvgIpc) is 3.12. The van der Waals surface area contributed by atoms with Crippen molar-refractivity contribution in [2.75, 3.05) is 32.1 Å². The summed E-state index contributed by atoms with van der Waals surface area (Å²) in [4.78, 5) is 32.4. The van der Waals surface area contributed by atoms with Crippen molar-refractivity contribution < 1.29 is 9.72 Å². The zero-order chi connectivity index (χ0) is 21.1. The Bertz CT molecular complexity index is 1070. The van der Waals surface area contributed by atoms with Crippen molar-refractivity contribution in [3.8, 4) is 0 Å². The number of thiazole rings is 1. The fraction of sp³-hybridized carbons (Fsp3) is 0.333. The first-order valence-corrected chi connectivity index (χ1v) is 10.2. The van der Waals surface area contributed by atoms with E-state index in [1.54, 1.807) is 11.0 Å². The standard InChI is InChI=1S/C21H24N4O3S.ClH/c1-14-9-10-18-19(15(14)2)22-21(29-18)24(12-6-11-23(3)4)20(26)16-7-5-8-17(13-16)25(27)28;/h5,7-10,13H,6,11-12H2,1-4H3;1H. The van der Waals surface area contributed by atoms with Gasteiger partial charge in [-0.25, -0.2) is 4.98 Å². The lowest BCUT2D eigenvalue weighted by molar-refractivity contribution is -0.384. The number of hydrogen-bond acceptors (Lipinski definition) is 6. The van der Waals surface area contributed by atoms with E-state index in [0.717, 1.165) is 34.3 Å². The number of anilines is 1. The van der Waals surface area contributed by atoms with Crippen LogP contribution in [0.3, 0.4) is 0 Å². The predicted molar refractivity (Wildman–Crippen MR) is 124 cm³/mol. The van der Waals surface area contributed by atoms with Gasteiger partial charge in [-0.2, -0.15) is 0 Å². The number of aryl methyl sites for hydroxylation is 2. The van der Waals surface area contributed by atoms with Gasteiger partial charge in [0.25, 0.3) is 11.6 Å². The average molecular weight is 449 g/mol. The van der Waals surface area contributed by atoms with Gasteiger partial charge >= 0.3 is 0 Å². The second kappa shape index (κ2) is 9.97. The second-order valence-electron chi connectivity index (χ2n) is 7.27. The van der Waals surface area contributed by atoms with Crippen LogP contribution in [0.1, 0.15) is 27.9 Å². The Morgan fingerprint density at radius 2 is 1.90 bits per heavy atom. The quantitative estimate of drug-likeness (QED) is 0.381. The maximum atomic E-state index is 13.3. The molecule has 3 aromatic rings. The molecule has 0 aliphatic carbocycles. The zero-order valence-corrected chi connectivity index (χ0v) is 19.0. The number of nitro groups is 1. The Morgan fingerprint density at radius 3 is 2.57 bits per heavy atom. The van der Waals surface area contributed by atoms with Crippen LogP contribution in [0.5, 0.6) is 0 Å². The minimum absolute atomic E-state index is 0. The van der Waals surface area contributed by atoms with Crippen molar-refractivity contribution in [1.29, 1.82) is 0 Å². The highest BCUT2D eigenvalue weighted by molar-refractivity contribution is 7.22. The number of nitrogens with zero attached hydrogens (tertiary/aromatic N) is 4. The van der Waals surface area contributed by atoms with Gasteiger partial charge in [-0.05, 0) is 64.2 Å². The molecule has 0 aliphatic rings. The van der Waals surface area contributed by atoms with E-state index in [1.165, 1.54) is 29.5 Å². The minimum Gasteiger partial charge on any atom is -0.309 e. The number of fused-ring (bicyclic) bond motifs is 1. The monoisotopic (exact) mass is 448 g/mol. The van der Waals surface area contributed by atoms with Gasteiger partial charge in [0.1, 0.15) is 0 Å². The molecule has 0 fully saturated rings. The van der Waals surface area contributed by atoms with Crippen LogP contribution in [-0.4, -0.2) is 47.9 Å². The molecule has 0 unspecified atom stereocenters. The van der Waals surface area contributed by atoms with E-state index in [4.69, 9.17) is 4.98 Å². The van der Waals surface area contributed by atoms with Crippen molar-refractivity contribution in [3.05, 3.63) is 63.2 Å². The molecular weight excluding hydrogens is 424 g/mol. The highest BCUT2D eigenvalue weighted by Crippen LogP contribution is 2.33. The van der Waals surface area contributed by atoms with E-state index < -0.39 is 4.92 Å². The molecule has 1 amide bonds. The molecule has 0 radical (unpaired) electrons. The summed E-state index contributed by atoms with van der Waals surface area (Å²) >= 11 is 1.47. The third-order valence-electron chi connectivity index (χ3n) is 4.84. The van der Waals surface area contributed by atoms with E-state index in [-0.39, 0.29) is 29.6 Å². The number of halogens is 1. The fourth-order valence-electron chi connectivity index (χ4n) is 3.07. The number of aromatic nitrogens is 1. The summed E-state index contributed by atoms with van der Waals surface area (Å²) < 4.78 is 1.02. The lowest BCUT2D eigenvalue weighted by Crippen LogP contribution is -2.33. The molecule has 0 bridgehead atoms. The molecule has 0 spiro atoms. The molecule has 0 saturated heterocycles. The Morgan fingerprint density at radius 1 is 1.17 bits per heavy atom. The van der Waals surface area contributed by atoms with E-state index in [1.807, 2.05) is 34.0 Å². The van der Waals surface area contributed by atoms with Gasteiger partial charge in [0, 0.05) is 24.2 Å². The molecule has 1 heterocycles. The van der Waals surface area contributed by atoms with Crippen LogP contribution in [0.15, 0.2) is 36.4 Å². The molecular formula is C21H25ClN4O3S. The summed E-state index contributed by atoms with van der Waals surface area (Å²) in [5.74, 6) is -0.277. The van der Waals surface area contributed by atoms with Crippen LogP contribution in [-0.2, 0) is 0 Å². The topological polar surface area (TPSA) is 79.6 Å². The Labute approximate surface area is 185 Å². The van der Waals surface area contributed by atoms with Crippen LogP contribution in [0, 0.1) is 24.0 Å². The molecule has 0 atom stereocenters. The third-order valence-corrected chi connectivity index (χ3v) is 5.88. The van der Waals surface area contributed by atoms with E-state index in [0.29, 0.717) is 11.7 Å². The predicted octanol–water partition coefficient (Wildman–Crippen LogP) is 4.84. The first kappa shape index (κ1) is 23.7. The van der Waals surface area contributed by atoms with Crippen molar-refractivity contribution >= 4 is 50.7 Å². The molecule has 7 nitrogen and oxygen atoms in total. The number of amides is 1. The Balaban J connectivity index is 0.00000320. The van der Waals surface area contributed by atoms with Gasteiger partial charge in [-0.3, -0.25) is 19.8 Å². The molecule has 0 N–H and O–H groups in total. The van der Waals surface area contributed by atoms with Crippen LogP contribution in [0.4, 0.5) is 10.8 Å². The Kier molecular flexibility index (Phi) is 7.89. The first-order chi connectivity index (χ1) is 13.8. The highest BCUT2D eigenvalue weighted by atomic mass is 35.5. The molecule has 30 heavy (non-hydrogen) atoms. The Hall–Kier alpha value is -2.55. The van der Waals surface area contributed by atoms with Crippen LogP contribution in [0.25, 0.3) is 10.2 Å². The van der Waals surface area contributed by atoms with Crippen LogP contribution in [0.2, 0.25) is 0 Å². The molecule has 2 aromatic carbocycles. The number of nitro benzene ring substituents is 1. The summed E-state index contributed by atoms with van der Waals surface area (Å²) in [7, 11) is 3.97. The number of non-ortho nitro benzene ring substituents is 1. The number of benzene rings is 2. The summed E-state index contributed by atoms with van der Waals surface area (Å²) in [6, 6.07) is 9.93. The smallest absolute Gasteiger partial charge is 0.270 e. The molecule has 160 valence electrons. The van der Waals surface area contributed by atoms with Gasteiger partial charge < -0.3 is 4.90 Å². The second-order valence-corrected chi connectivity index (χ2v) is 8.28. The molecule has 3 rings (SSSR count). The maximum Gasteiger partial charge on any atom is 0.270 e. The molecule has 9 heteroatoms. The highest BCUT2D eigenvalue weighted by Gasteiger charge is 2.23. The van der Waals surface area contributed by atoms with E-state index in [2.05, 4.69) is 11.0 Å². The number of rotatable bonds is 7. The third kappa shape index (κ3) is 5.13. The van der Waals surface area contributed by atoms with Gasteiger partial charge in [-0.1, -0.05) is 23.5 Å². The first-order valence-electron chi connectivity index (χ1n) is 9.35. The molecule has 0 saturated carbocycles. The lowest BCUT2D eigenvalue weighted by atomic mass is 10.1. The summed E-state index contributed by atoms with van der Waals surface area (Å²) in [6.45, 7) is 5.37. The number of carbonyl (C=O) groups is 1. The van der Waals surface area contributed by atoms with E-state index >= 15 is 0 Å². The molecule has 0 aliphatic heterocycles. The SMILES string of the molecule is Cc1ccc2sc(N(CCCN(C)C)C(=O)c3cccc([N+](=O)[O-])c3)nc2c1C.Cl. The number of carbonyl (C=O) groups excluding carboxylic acids is 1. The largest absolute Gasteiger partial charge is 0.309 e. The van der Waals surface area contributed by atoms with Gasteiger partial charge in [0.15, 0.2) is 5.13 Å². The van der Waals surface area contributed by atoms with Gasteiger partial charge in [0.05, 0.1) is 15.1 Å². The molecule has 1 aromatic heterocycles. The lowest BCUT2D eigenvalue weighted by Gasteiger charge is -2.21. The van der Waals surface area contributed by atoms with E-state index in [9.17, 15) is 14.9 Å². The van der Waals surface area contributed by atoms with Crippen molar-refractivity contribution in [2.24, 2.45) is 0 Å². The normalized spacial score (nSPS) is 10.8. The summed E-state index contributed by atoms with van der Waals surface area (Å²) in [5.41, 5.74) is 3.34. The number of hydrogen-bond donors (Lipinski definition) is 0. The van der Waals surface area contributed by atoms with Gasteiger partial charge in [0.2, 0.25) is 0 Å². The summed E-state index contributed by atoms with van der Waals surface area (Å²) in [6.07, 6.45) is 0.765. The zero-order valence-electron chi connectivity index (χ0n) is 17.4. The van der Waals surface area contributed by atoms with Crippen molar-refractivity contribution in [3.63, 3.8) is 0 Å². The van der Waals surface area contributed by atoms with Crippen molar-refractivity contribution in [1.82, 2.24) is 9.88 Å².